The quantitative estimate of drug-likeness (QED) is 0.864. The van der Waals surface area contributed by atoms with Crippen LogP contribution in [0.2, 0.25) is 0 Å². The second-order valence-electron chi connectivity index (χ2n) is 6.56. The van der Waals surface area contributed by atoms with Gasteiger partial charge in [-0.15, -0.1) is 0 Å². The molecule has 1 heterocycles. The number of fused-ring (bicyclic) bond motifs is 1. The van der Waals surface area contributed by atoms with Crippen molar-refractivity contribution in [1.82, 2.24) is 0 Å². The molecule has 6 nitrogen and oxygen atoms in total. The van der Waals surface area contributed by atoms with Gasteiger partial charge in [-0.2, -0.15) is 0 Å². The Kier molecular flexibility index (Phi) is 4.74. The number of benzene rings is 2. The Bertz CT molecular complexity index is 1060. The topological polar surface area (TPSA) is 83.6 Å². The first kappa shape index (κ1) is 18.7. The molecule has 2 aromatic carbocycles. The van der Waals surface area contributed by atoms with Gasteiger partial charge in [0.05, 0.1) is 22.5 Å². The van der Waals surface area contributed by atoms with Crippen LogP contribution in [0.3, 0.4) is 0 Å². The summed E-state index contributed by atoms with van der Waals surface area (Å²) >= 11 is 0. The van der Waals surface area contributed by atoms with Crippen molar-refractivity contribution in [2.45, 2.75) is 31.6 Å². The second kappa shape index (κ2) is 6.59. The average Bonchev–Trinajstić information content (AvgIpc) is 2.57. The molecule has 0 bridgehead atoms. The van der Waals surface area contributed by atoms with Gasteiger partial charge >= 0.3 is 0 Å². The molecule has 140 valence electrons. The number of hydrogen-bond donors (Lipinski definition) is 1. The monoisotopic (exact) mass is 394 g/mol. The maximum absolute atomic E-state index is 13.3. The summed E-state index contributed by atoms with van der Waals surface area (Å²) in [5.41, 5.74) is 3.08. The lowest BCUT2D eigenvalue weighted by molar-refractivity contribution is 0.585. The summed E-state index contributed by atoms with van der Waals surface area (Å²) in [6.07, 6.45) is 2.64. The van der Waals surface area contributed by atoms with Crippen LogP contribution in [0, 0.1) is 13.8 Å². The van der Waals surface area contributed by atoms with E-state index in [1.807, 2.05) is 24.3 Å². The van der Waals surface area contributed by atoms with Crippen LogP contribution in [0.1, 0.15) is 23.1 Å². The molecule has 26 heavy (non-hydrogen) atoms. The zero-order valence-electron chi connectivity index (χ0n) is 15.0. The number of hydrogen-bond acceptors (Lipinski definition) is 4. The van der Waals surface area contributed by atoms with E-state index in [1.54, 1.807) is 26.0 Å². The van der Waals surface area contributed by atoms with Crippen LogP contribution in [0.4, 0.5) is 11.4 Å². The maximum Gasteiger partial charge on any atom is 0.264 e. The molecule has 1 aliphatic heterocycles. The number of rotatable bonds is 4. The summed E-state index contributed by atoms with van der Waals surface area (Å²) in [6, 6.07) is 10.7. The van der Waals surface area contributed by atoms with Gasteiger partial charge in [0.1, 0.15) is 0 Å². The molecule has 3 rings (SSSR count). The Labute approximate surface area is 155 Å². The third-order valence-electron chi connectivity index (χ3n) is 4.55. The fourth-order valence-corrected chi connectivity index (χ4v) is 5.78. The van der Waals surface area contributed by atoms with Crippen molar-refractivity contribution in [2.24, 2.45) is 0 Å². The van der Waals surface area contributed by atoms with E-state index in [-0.39, 0.29) is 4.90 Å². The average molecular weight is 395 g/mol. The van der Waals surface area contributed by atoms with Crippen LogP contribution in [-0.4, -0.2) is 29.6 Å². The maximum atomic E-state index is 13.3. The first-order valence-corrected chi connectivity index (χ1v) is 11.6. The molecule has 0 radical (unpaired) electrons. The standard InChI is InChI=1S/C18H22N2O4S2/c1-13-10-11-17(14(2)18(13)19-25(3,21)22)26(23,24)20-12-6-8-15-7-4-5-9-16(15)20/h4-5,7,9-11,19H,6,8,12H2,1-3H3. The molecule has 0 fully saturated rings. The molecular formula is C18H22N2O4S2. The van der Waals surface area contributed by atoms with E-state index >= 15 is 0 Å². The van der Waals surface area contributed by atoms with E-state index in [0.29, 0.717) is 29.0 Å². The smallest absolute Gasteiger partial charge is 0.264 e. The fraction of sp³-hybridized carbons (Fsp3) is 0.333. The lowest BCUT2D eigenvalue weighted by Crippen LogP contribution is -2.36. The summed E-state index contributed by atoms with van der Waals surface area (Å²) in [6.45, 7) is 3.78. The SMILES string of the molecule is Cc1ccc(S(=O)(=O)N2CCCc3ccccc32)c(C)c1NS(C)(=O)=O. The molecule has 1 N–H and O–H groups in total. The fourth-order valence-electron chi connectivity index (χ4n) is 3.32. The molecule has 0 aromatic heterocycles. The lowest BCUT2D eigenvalue weighted by Gasteiger charge is -2.31. The zero-order valence-corrected chi connectivity index (χ0v) is 16.6. The van der Waals surface area contributed by atoms with Gasteiger partial charge in [-0.25, -0.2) is 16.8 Å². The number of nitrogens with zero attached hydrogens (tertiary/aromatic N) is 1. The van der Waals surface area contributed by atoms with E-state index in [1.165, 1.54) is 4.31 Å². The van der Waals surface area contributed by atoms with E-state index in [9.17, 15) is 16.8 Å². The predicted molar refractivity (Wildman–Crippen MR) is 104 cm³/mol. The first-order valence-electron chi connectivity index (χ1n) is 8.30. The molecule has 0 unspecified atom stereocenters. The highest BCUT2D eigenvalue weighted by atomic mass is 32.2. The third kappa shape index (κ3) is 3.43. The molecule has 0 amide bonds. The summed E-state index contributed by atoms with van der Waals surface area (Å²) in [5, 5.41) is 0. The van der Waals surface area contributed by atoms with Crippen molar-refractivity contribution in [3.05, 3.63) is 53.1 Å². The number of aryl methyl sites for hydroxylation is 2. The molecular weight excluding hydrogens is 372 g/mol. The van der Waals surface area contributed by atoms with Gasteiger partial charge in [-0.05, 0) is 55.5 Å². The van der Waals surface area contributed by atoms with Crippen LogP contribution in [-0.2, 0) is 26.5 Å². The largest absolute Gasteiger partial charge is 0.283 e. The molecule has 0 atom stereocenters. The van der Waals surface area contributed by atoms with Crippen LogP contribution >= 0.6 is 0 Å². The number of para-hydroxylation sites is 1. The van der Waals surface area contributed by atoms with Gasteiger partial charge in [0.2, 0.25) is 10.0 Å². The van der Waals surface area contributed by atoms with Crippen molar-refractivity contribution >= 4 is 31.4 Å². The zero-order chi connectivity index (χ0) is 19.1. The van der Waals surface area contributed by atoms with Gasteiger partial charge in [-0.1, -0.05) is 24.3 Å². The van der Waals surface area contributed by atoms with Crippen LogP contribution in [0.5, 0.6) is 0 Å². The molecule has 0 saturated carbocycles. The number of nitrogens with one attached hydrogen (secondary N) is 1. The molecule has 1 aliphatic rings. The molecule has 0 aliphatic carbocycles. The Morgan fingerprint density at radius 1 is 1.00 bits per heavy atom. The Hall–Kier alpha value is -2.06. The van der Waals surface area contributed by atoms with Gasteiger partial charge in [0.25, 0.3) is 10.0 Å². The second-order valence-corrected chi connectivity index (χ2v) is 10.1. The molecule has 0 saturated heterocycles. The summed E-state index contributed by atoms with van der Waals surface area (Å²) in [7, 11) is -7.32. The highest BCUT2D eigenvalue weighted by Gasteiger charge is 2.31. The van der Waals surface area contributed by atoms with Crippen molar-refractivity contribution in [3.63, 3.8) is 0 Å². The van der Waals surface area contributed by atoms with Crippen molar-refractivity contribution in [1.29, 1.82) is 0 Å². The molecule has 2 aromatic rings. The normalized spacial score (nSPS) is 14.8. The van der Waals surface area contributed by atoms with Gasteiger partial charge in [-0.3, -0.25) is 9.03 Å². The highest BCUT2D eigenvalue weighted by molar-refractivity contribution is 7.93. The minimum absolute atomic E-state index is 0.117. The summed E-state index contributed by atoms with van der Waals surface area (Å²) in [4.78, 5) is 0.117. The van der Waals surface area contributed by atoms with Gasteiger partial charge < -0.3 is 0 Å². The van der Waals surface area contributed by atoms with Crippen molar-refractivity contribution in [3.8, 4) is 0 Å². The lowest BCUT2D eigenvalue weighted by atomic mass is 10.0. The number of sulfonamides is 2. The Morgan fingerprint density at radius 3 is 2.38 bits per heavy atom. The molecule has 8 heteroatoms. The van der Waals surface area contributed by atoms with Crippen molar-refractivity contribution < 1.29 is 16.8 Å². The minimum atomic E-state index is -3.80. The number of anilines is 2. The van der Waals surface area contributed by atoms with E-state index in [0.717, 1.165) is 24.7 Å². The van der Waals surface area contributed by atoms with Gasteiger partial charge in [0, 0.05) is 6.54 Å². The third-order valence-corrected chi connectivity index (χ3v) is 7.08. The van der Waals surface area contributed by atoms with E-state index in [2.05, 4.69) is 4.72 Å². The van der Waals surface area contributed by atoms with Crippen LogP contribution < -0.4 is 9.03 Å². The van der Waals surface area contributed by atoms with Crippen LogP contribution in [0.25, 0.3) is 0 Å². The molecule has 0 spiro atoms. The van der Waals surface area contributed by atoms with Crippen molar-refractivity contribution in [2.75, 3.05) is 21.8 Å². The summed E-state index contributed by atoms with van der Waals surface area (Å²) in [5.74, 6) is 0. The van der Waals surface area contributed by atoms with E-state index < -0.39 is 20.0 Å². The van der Waals surface area contributed by atoms with E-state index in [4.69, 9.17) is 0 Å². The first-order chi connectivity index (χ1) is 12.1. The van der Waals surface area contributed by atoms with Crippen LogP contribution in [0.15, 0.2) is 41.3 Å². The minimum Gasteiger partial charge on any atom is -0.283 e. The Balaban J connectivity index is 2.14. The summed E-state index contributed by atoms with van der Waals surface area (Å²) < 4.78 is 53.9. The predicted octanol–water partition coefficient (Wildman–Crippen LogP) is 2.82. The highest BCUT2D eigenvalue weighted by Crippen LogP contribution is 2.35. The Morgan fingerprint density at radius 2 is 1.69 bits per heavy atom. The van der Waals surface area contributed by atoms with Gasteiger partial charge in [0.15, 0.2) is 0 Å².